The van der Waals surface area contributed by atoms with Crippen molar-refractivity contribution in [1.29, 1.82) is 0 Å². The standard InChI is InChI=1S/C6H12N2O/c1-6(7-8-6)4-3-5-9-2/h3-5H2,1-2H3. The highest BCUT2D eigenvalue weighted by molar-refractivity contribution is 4.87. The fourth-order valence-corrected chi connectivity index (χ4v) is 0.737. The predicted octanol–water partition coefficient (Wildman–Crippen LogP) is 1.60. The molecule has 3 nitrogen and oxygen atoms in total. The molecule has 0 aromatic carbocycles. The third-order valence-corrected chi connectivity index (χ3v) is 1.44. The fourth-order valence-electron chi connectivity index (χ4n) is 0.737. The number of rotatable bonds is 4. The van der Waals surface area contributed by atoms with Gasteiger partial charge in [0.05, 0.1) is 0 Å². The average Bonchev–Trinajstić information content (AvgIpc) is 2.50. The van der Waals surface area contributed by atoms with Crippen LogP contribution in [0.25, 0.3) is 0 Å². The van der Waals surface area contributed by atoms with Gasteiger partial charge in [-0.2, -0.15) is 10.2 Å². The maximum atomic E-state index is 4.88. The van der Waals surface area contributed by atoms with E-state index in [9.17, 15) is 0 Å². The zero-order valence-corrected chi connectivity index (χ0v) is 5.92. The molecule has 9 heavy (non-hydrogen) atoms. The van der Waals surface area contributed by atoms with Gasteiger partial charge in [0.15, 0.2) is 5.66 Å². The van der Waals surface area contributed by atoms with Crippen molar-refractivity contribution in [3.63, 3.8) is 0 Å². The van der Waals surface area contributed by atoms with E-state index < -0.39 is 0 Å². The minimum Gasteiger partial charge on any atom is -0.385 e. The lowest BCUT2D eigenvalue weighted by molar-refractivity contribution is 0.189. The summed E-state index contributed by atoms with van der Waals surface area (Å²) in [6, 6.07) is 0. The topological polar surface area (TPSA) is 34.0 Å². The molecule has 0 spiro atoms. The Labute approximate surface area is 55.1 Å². The second-order valence-electron chi connectivity index (χ2n) is 2.51. The number of nitrogens with zero attached hydrogens (tertiary/aromatic N) is 2. The van der Waals surface area contributed by atoms with E-state index in [1.165, 1.54) is 0 Å². The van der Waals surface area contributed by atoms with E-state index in [4.69, 9.17) is 4.74 Å². The molecule has 0 saturated heterocycles. The summed E-state index contributed by atoms with van der Waals surface area (Å²) in [4.78, 5) is 0. The lowest BCUT2D eigenvalue weighted by atomic mass is 10.1. The first-order valence-electron chi connectivity index (χ1n) is 3.20. The number of methoxy groups -OCH3 is 1. The summed E-state index contributed by atoms with van der Waals surface area (Å²) in [6.45, 7) is 2.85. The molecule has 1 rings (SSSR count). The maximum absolute atomic E-state index is 4.88. The van der Waals surface area contributed by atoms with Crippen LogP contribution in [-0.2, 0) is 4.74 Å². The summed E-state index contributed by atoms with van der Waals surface area (Å²) < 4.78 is 4.88. The van der Waals surface area contributed by atoms with Gasteiger partial charge in [-0.15, -0.1) is 0 Å². The minimum atomic E-state index is -0.0292. The molecule has 0 aromatic heterocycles. The monoisotopic (exact) mass is 128 g/mol. The minimum absolute atomic E-state index is 0.0292. The van der Waals surface area contributed by atoms with Crippen molar-refractivity contribution in [2.45, 2.75) is 25.4 Å². The van der Waals surface area contributed by atoms with Gasteiger partial charge in [0, 0.05) is 13.7 Å². The second kappa shape index (κ2) is 2.43. The lowest BCUT2D eigenvalue weighted by Gasteiger charge is -2.00. The molecular formula is C6H12N2O. The summed E-state index contributed by atoms with van der Waals surface area (Å²) in [6.07, 6.45) is 2.08. The van der Waals surface area contributed by atoms with Crippen molar-refractivity contribution in [3.8, 4) is 0 Å². The van der Waals surface area contributed by atoms with Crippen LogP contribution in [0.5, 0.6) is 0 Å². The molecule has 3 heteroatoms. The number of hydrogen-bond acceptors (Lipinski definition) is 3. The van der Waals surface area contributed by atoms with Crippen LogP contribution in [0.4, 0.5) is 0 Å². The van der Waals surface area contributed by atoms with Crippen LogP contribution in [0.3, 0.4) is 0 Å². The van der Waals surface area contributed by atoms with Crippen LogP contribution in [0, 0.1) is 0 Å². The van der Waals surface area contributed by atoms with Crippen molar-refractivity contribution >= 4 is 0 Å². The Kier molecular flexibility index (Phi) is 1.81. The van der Waals surface area contributed by atoms with Crippen molar-refractivity contribution in [3.05, 3.63) is 0 Å². The maximum Gasteiger partial charge on any atom is 0.188 e. The first-order chi connectivity index (χ1) is 4.27. The largest absolute Gasteiger partial charge is 0.385 e. The first kappa shape index (κ1) is 6.68. The third kappa shape index (κ3) is 2.10. The van der Waals surface area contributed by atoms with Crippen LogP contribution in [0.2, 0.25) is 0 Å². The summed E-state index contributed by atoms with van der Waals surface area (Å²) in [5, 5.41) is 7.75. The van der Waals surface area contributed by atoms with Gasteiger partial charge >= 0.3 is 0 Å². The van der Waals surface area contributed by atoms with Gasteiger partial charge in [-0.05, 0) is 19.8 Å². The average molecular weight is 128 g/mol. The highest BCUT2D eigenvalue weighted by atomic mass is 16.5. The van der Waals surface area contributed by atoms with Crippen LogP contribution in [0.1, 0.15) is 19.8 Å². The Bertz CT molecular complexity index is 116. The van der Waals surface area contributed by atoms with Crippen LogP contribution < -0.4 is 0 Å². The molecule has 0 fully saturated rings. The van der Waals surface area contributed by atoms with Crippen molar-refractivity contribution in [1.82, 2.24) is 0 Å². The van der Waals surface area contributed by atoms with Gasteiger partial charge in [-0.1, -0.05) is 0 Å². The second-order valence-corrected chi connectivity index (χ2v) is 2.51. The third-order valence-electron chi connectivity index (χ3n) is 1.44. The molecule has 0 radical (unpaired) electrons. The Balaban J connectivity index is 1.93. The van der Waals surface area contributed by atoms with Crippen molar-refractivity contribution in [2.75, 3.05) is 13.7 Å². The summed E-state index contributed by atoms with van der Waals surface area (Å²) in [5.41, 5.74) is -0.0292. The van der Waals surface area contributed by atoms with E-state index in [0.29, 0.717) is 0 Å². The highest BCUT2D eigenvalue weighted by Crippen LogP contribution is 2.31. The van der Waals surface area contributed by atoms with Gasteiger partial charge < -0.3 is 4.74 Å². The SMILES string of the molecule is COCCCC1(C)N=N1. The zero-order chi connectivity index (χ0) is 6.74. The van der Waals surface area contributed by atoms with Crippen LogP contribution in [0.15, 0.2) is 10.2 Å². The number of hydrogen-bond donors (Lipinski definition) is 0. The Morgan fingerprint density at radius 3 is 2.56 bits per heavy atom. The lowest BCUT2D eigenvalue weighted by Crippen LogP contribution is -2.04. The van der Waals surface area contributed by atoms with Crippen molar-refractivity contribution < 1.29 is 4.74 Å². The van der Waals surface area contributed by atoms with Crippen LogP contribution in [-0.4, -0.2) is 19.4 Å². The molecule has 0 bridgehead atoms. The quantitative estimate of drug-likeness (QED) is 0.529. The normalized spacial score (nSPS) is 20.2. The number of ether oxygens (including phenoxy) is 1. The molecule has 0 amide bonds. The van der Waals surface area contributed by atoms with E-state index in [1.807, 2.05) is 6.92 Å². The zero-order valence-electron chi connectivity index (χ0n) is 5.92. The Morgan fingerprint density at radius 1 is 1.44 bits per heavy atom. The summed E-state index contributed by atoms with van der Waals surface area (Å²) in [5.74, 6) is 0. The molecule has 0 unspecified atom stereocenters. The van der Waals surface area contributed by atoms with Gasteiger partial charge in [0.25, 0.3) is 0 Å². The molecule has 0 saturated carbocycles. The van der Waals surface area contributed by atoms with Crippen LogP contribution >= 0.6 is 0 Å². The molecule has 1 heterocycles. The highest BCUT2D eigenvalue weighted by Gasteiger charge is 2.32. The van der Waals surface area contributed by atoms with Crippen molar-refractivity contribution in [2.24, 2.45) is 10.2 Å². The summed E-state index contributed by atoms with van der Waals surface area (Å²) in [7, 11) is 1.71. The molecular weight excluding hydrogens is 116 g/mol. The van der Waals surface area contributed by atoms with E-state index in [-0.39, 0.29) is 5.66 Å². The van der Waals surface area contributed by atoms with E-state index in [1.54, 1.807) is 7.11 Å². The van der Waals surface area contributed by atoms with E-state index in [2.05, 4.69) is 10.2 Å². The summed E-state index contributed by atoms with van der Waals surface area (Å²) >= 11 is 0. The molecule has 0 aliphatic carbocycles. The Hall–Kier alpha value is -0.440. The smallest absolute Gasteiger partial charge is 0.188 e. The molecule has 1 aliphatic rings. The van der Waals surface area contributed by atoms with Gasteiger partial charge in [0.1, 0.15) is 0 Å². The molecule has 0 atom stereocenters. The first-order valence-corrected chi connectivity index (χ1v) is 3.20. The molecule has 1 aliphatic heterocycles. The Morgan fingerprint density at radius 2 is 2.11 bits per heavy atom. The van der Waals surface area contributed by atoms with E-state index >= 15 is 0 Å². The van der Waals surface area contributed by atoms with E-state index in [0.717, 1.165) is 19.4 Å². The molecule has 0 aromatic rings. The van der Waals surface area contributed by atoms with Gasteiger partial charge in [-0.25, -0.2) is 0 Å². The van der Waals surface area contributed by atoms with Gasteiger partial charge in [0.2, 0.25) is 0 Å². The molecule has 0 N–H and O–H groups in total. The molecule has 52 valence electrons. The fraction of sp³-hybridized carbons (Fsp3) is 1.00. The predicted molar refractivity (Wildman–Crippen MR) is 34.4 cm³/mol. The van der Waals surface area contributed by atoms with Gasteiger partial charge in [-0.3, -0.25) is 0 Å².